The van der Waals surface area contributed by atoms with Crippen LogP contribution in [-0.2, 0) is 15.6 Å². The minimum atomic E-state index is -3.16. The lowest BCUT2D eigenvalue weighted by atomic mass is 9.40. The zero-order valence-electron chi connectivity index (χ0n) is 14.4. The van der Waals surface area contributed by atoms with E-state index in [1.54, 1.807) is 13.2 Å². The SMILES string of the molecule is CCN(C)S(=O)(=O)CC12CC(n3cnc4cnc5[nH]ccc5c43)(C1)C2. The Morgan fingerprint density at radius 3 is 2.80 bits per heavy atom. The normalized spacial score (nSPS) is 28.4. The quantitative estimate of drug-likeness (QED) is 0.756. The minimum Gasteiger partial charge on any atom is -0.346 e. The fourth-order valence-corrected chi connectivity index (χ4v) is 6.60. The second-order valence-electron chi connectivity index (χ2n) is 7.77. The summed E-state index contributed by atoms with van der Waals surface area (Å²) in [7, 11) is -1.50. The number of hydrogen-bond acceptors (Lipinski definition) is 4. The summed E-state index contributed by atoms with van der Waals surface area (Å²) in [6.45, 7) is 2.39. The molecule has 3 aliphatic carbocycles. The molecule has 0 spiro atoms. The van der Waals surface area contributed by atoms with E-state index < -0.39 is 10.0 Å². The molecule has 3 saturated carbocycles. The highest BCUT2D eigenvalue weighted by Gasteiger charge is 2.70. The molecule has 3 aromatic rings. The van der Waals surface area contributed by atoms with Crippen molar-refractivity contribution in [3.63, 3.8) is 0 Å². The van der Waals surface area contributed by atoms with Gasteiger partial charge in [0.2, 0.25) is 10.0 Å². The number of aromatic amines is 1. The summed E-state index contributed by atoms with van der Waals surface area (Å²) in [5.74, 6) is 0.264. The number of sulfonamides is 1. The predicted molar refractivity (Wildman–Crippen MR) is 95.7 cm³/mol. The van der Waals surface area contributed by atoms with Gasteiger partial charge in [0.1, 0.15) is 11.2 Å². The van der Waals surface area contributed by atoms with Crippen molar-refractivity contribution in [1.82, 2.24) is 23.8 Å². The van der Waals surface area contributed by atoms with Crippen LogP contribution in [0.5, 0.6) is 0 Å². The standard InChI is InChI=1S/C17H21N5O2S/c1-3-21(2)25(23,24)10-16-7-17(8-16,9-16)22-11-20-13-6-19-15-12(14(13)22)4-5-18-15/h4-6,11H,3,7-10H2,1-2H3,(H,18,19). The minimum absolute atomic E-state index is 0.0284. The molecule has 7 nitrogen and oxygen atoms in total. The average molecular weight is 359 g/mol. The molecule has 0 atom stereocenters. The molecule has 0 amide bonds. The zero-order chi connectivity index (χ0) is 17.4. The molecule has 0 aliphatic heterocycles. The number of hydrogen-bond donors (Lipinski definition) is 1. The van der Waals surface area contributed by atoms with Gasteiger partial charge >= 0.3 is 0 Å². The van der Waals surface area contributed by atoms with Crippen molar-refractivity contribution in [3.8, 4) is 0 Å². The third kappa shape index (κ3) is 1.92. The highest BCUT2D eigenvalue weighted by Crippen LogP contribution is 2.72. The number of fused-ring (bicyclic) bond motifs is 3. The number of pyridine rings is 1. The predicted octanol–water partition coefficient (Wildman–Crippen LogP) is 2.07. The van der Waals surface area contributed by atoms with Gasteiger partial charge in [-0.2, -0.15) is 0 Å². The monoisotopic (exact) mass is 359 g/mol. The molecule has 0 radical (unpaired) electrons. The summed E-state index contributed by atoms with van der Waals surface area (Å²) in [6.07, 6.45) is 8.33. The van der Waals surface area contributed by atoms with Gasteiger partial charge in [-0.3, -0.25) is 0 Å². The Morgan fingerprint density at radius 1 is 1.32 bits per heavy atom. The van der Waals surface area contributed by atoms with Crippen LogP contribution in [0.1, 0.15) is 26.2 Å². The maximum atomic E-state index is 12.4. The molecular formula is C17H21N5O2S. The molecule has 6 rings (SSSR count). The topological polar surface area (TPSA) is 83.9 Å². The molecule has 3 aromatic heterocycles. The summed E-state index contributed by atoms with van der Waals surface area (Å²) < 4.78 is 28.6. The second kappa shape index (κ2) is 4.62. The van der Waals surface area contributed by atoms with Gasteiger partial charge in [-0.25, -0.2) is 22.7 Å². The van der Waals surface area contributed by atoms with Gasteiger partial charge in [0.15, 0.2) is 0 Å². The summed E-state index contributed by atoms with van der Waals surface area (Å²) >= 11 is 0. The van der Waals surface area contributed by atoms with Crippen molar-refractivity contribution in [2.75, 3.05) is 19.3 Å². The number of aromatic nitrogens is 4. The number of H-pyrrole nitrogens is 1. The van der Waals surface area contributed by atoms with Gasteiger partial charge < -0.3 is 9.55 Å². The van der Waals surface area contributed by atoms with Crippen LogP contribution < -0.4 is 0 Å². The van der Waals surface area contributed by atoms with E-state index in [0.29, 0.717) is 6.54 Å². The first kappa shape index (κ1) is 15.3. The number of nitrogens with one attached hydrogen (secondary N) is 1. The van der Waals surface area contributed by atoms with E-state index in [-0.39, 0.29) is 16.7 Å². The first-order chi connectivity index (χ1) is 11.9. The lowest BCUT2D eigenvalue weighted by molar-refractivity contribution is -0.168. The Hall–Kier alpha value is -1.93. The van der Waals surface area contributed by atoms with E-state index in [2.05, 4.69) is 19.5 Å². The van der Waals surface area contributed by atoms with Gasteiger partial charge in [-0.15, -0.1) is 0 Å². The van der Waals surface area contributed by atoms with Gasteiger partial charge in [-0.05, 0) is 30.7 Å². The summed E-state index contributed by atoms with van der Waals surface area (Å²) in [6, 6.07) is 2.03. The number of nitrogens with zero attached hydrogens (tertiary/aromatic N) is 4. The van der Waals surface area contributed by atoms with Crippen LogP contribution in [0.2, 0.25) is 0 Å². The molecule has 3 heterocycles. The molecule has 8 heteroatoms. The van der Waals surface area contributed by atoms with Crippen LogP contribution in [0.25, 0.3) is 22.1 Å². The fraction of sp³-hybridized carbons (Fsp3) is 0.529. The van der Waals surface area contributed by atoms with E-state index in [4.69, 9.17) is 0 Å². The molecule has 2 bridgehead atoms. The summed E-state index contributed by atoms with van der Waals surface area (Å²) in [4.78, 5) is 12.1. The number of imidazole rings is 1. The van der Waals surface area contributed by atoms with Crippen molar-refractivity contribution < 1.29 is 8.42 Å². The maximum absolute atomic E-state index is 12.4. The Morgan fingerprint density at radius 2 is 2.08 bits per heavy atom. The van der Waals surface area contributed by atoms with Crippen molar-refractivity contribution in [2.24, 2.45) is 5.41 Å². The molecule has 1 N–H and O–H groups in total. The van der Waals surface area contributed by atoms with Crippen LogP contribution in [0, 0.1) is 5.41 Å². The zero-order valence-corrected chi connectivity index (χ0v) is 15.2. The molecule has 0 saturated heterocycles. The third-order valence-electron chi connectivity index (χ3n) is 6.12. The third-order valence-corrected chi connectivity index (χ3v) is 8.31. The van der Waals surface area contributed by atoms with Gasteiger partial charge in [-0.1, -0.05) is 6.92 Å². The first-order valence-electron chi connectivity index (χ1n) is 8.62. The van der Waals surface area contributed by atoms with Crippen molar-refractivity contribution in [3.05, 3.63) is 24.8 Å². The van der Waals surface area contributed by atoms with Crippen LogP contribution in [0.3, 0.4) is 0 Å². The van der Waals surface area contributed by atoms with Crippen LogP contribution in [0.4, 0.5) is 0 Å². The van der Waals surface area contributed by atoms with Crippen LogP contribution in [-0.4, -0.2) is 51.6 Å². The van der Waals surface area contributed by atoms with Gasteiger partial charge in [0.25, 0.3) is 0 Å². The van der Waals surface area contributed by atoms with Crippen LogP contribution >= 0.6 is 0 Å². The lowest BCUT2D eigenvalue weighted by Gasteiger charge is -2.71. The maximum Gasteiger partial charge on any atom is 0.214 e. The molecule has 132 valence electrons. The van der Waals surface area contributed by atoms with Gasteiger partial charge in [0, 0.05) is 30.7 Å². The summed E-state index contributed by atoms with van der Waals surface area (Å²) in [5.41, 5.74) is 2.84. The van der Waals surface area contributed by atoms with E-state index >= 15 is 0 Å². The van der Waals surface area contributed by atoms with Crippen molar-refractivity contribution in [2.45, 2.75) is 31.7 Å². The lowest BCUT2D eigenvalue weighted by Crippen LogP contribution is -2.70. The molecule has 3 aliphatic rings. The van der Waals surface area contributed by atoms with E-state index in [9.17, 15) is 8.42 Å². The molecule has 25 heavy (non-hydrogen) atoms. The molecule has 3 fully saturated rings. The highest BCUT2D eigenvalue weighted by molar-refractivity contribution is 7.89. The number of rotatable bonds is 5. The first-order valence-corrected chi connectivity index (χ1v) is 10.2. The van der Waals surface area contributed by atoms with E-state index in [1.165, 1.54) is 4.31 Å². The average Bonchev–Trinajstić information content (AvgIpc) is 3.14. The van der Waals surface area contributed by atoms with E-state index in [1.807, 2.05) is 25.5 Å². The molecule has 0 unspecified atom stereocenters. The summed E-state index contributed by atoms with van der Waals surface area (Å²) in [5, 5.41) is 1.08. The largest absolute Gasteiger partial charge is 0.346 e. The smallest absolute Gasteiger partial charge is 0.214 e. The highest BCUT2D eigenvalue weighted by atomic mass is 32.2. The Balaban J connectivity index is 1.47. The Kier molecular flexibility index (Phi) is 2.83. The van der Waals surface area contributed by atoms with Gasteiger partial charge in [0.05, 0.1) is 23.8 Å². The van der Waals surface area contributed by atoms with Crippen molar-refractivity contribution >= 4 is 32.1 Å². The van der Waals surface area contributed by atoms with Crippen LogP contribution in [0.15, 0.2) is 24.8 Å². The Bertz CT molecular complexity index is 1080. The van der Waals surface area contributed by atoms with Crippen molar-refractivity contribution in [1.29, 1.82) is 0 Å². The van der Waals surface area contributed by atoms with E-state index in [0.717, 1.165) is 41.3 Å². The fourth-order valence-electron chi connectivity index (χ4n) is 4.91. The Labute approximate surface area is 146 Å². The second-order valence-corrected chi connectivity index (χ2v) is 9.85. The molecular weight excluding hydrogens is 338 g/mol. The molecule has 0 aromatic carbocycles.